The van der Waals surface area contributed by atoms with Crippen molar-refractivity contribution in [2.75, 3.05) is 0 Å². The number of thiazole rings is 1. The van der Waals surface area contributed by atoms with Gasteiger partial charge in [0.15, 0.2) is 6.17 Å². The first kappa shape index (κ1) is 10.6. The van der Waals surface area contributed by atoms with Crippen molar-refractivity contribution >= 4 is 17.3 Å². The number of alkyl halides is 1. The molecule has 1 aromatic rings. The molecule has 1 aromatic heterocycles. The minimum absolute atomic E-state index is 0. The second-order valence-electron chi connectivity index (χ2n) is 1.59. The predicted octanol–water partition coefficient (Wildman–Crippen LogP) is -3.09. The van der Waals surface area contributed by atoms with E-state index >= 15 is 0 Å². The predicted molar refractivity (Wildman–Crippen MR) is 31.0 cm³/mol. The summed E-state index contributed by atoms with van der Waals surface area (Å²) in [7, 11) is 0. The maximum absolute atomic E-state index is 12.4. The van der Waals surface area contributed by atoms with Crippen LogP contribution in [0.15, 0.2) is 11.7 Å². The fourth-order valence-electron chi connectivity index (χ4n) is 0.467. The SMILES string of the molecule is O=C([O-])C(F)c1cncs1.[Li+]. The molecule has 6 heteroatoms. The van der Waals surface area contributed by atoms with Crippen molar-refractivity contribution < 1.29 is 33.2 Å². The van der Waals surface area contributed by atoms with Gasteiger partial charge in [-0.1, -0.05) is 0 Å². The fourth-order valence-corrected chi connectivity index (χ4v) is 1.05. The monoisotopic (exact) mass is 167 g/mol. The van der Waals surface area contributed by atoms with Gasteiger partial charge < -0.3 is 9.90 Å². The van der Waals surface area contributed by atoms with Crippen LogP contribution in [0.4, 0.5) is 4.39 Å². The molecule has 0 aliphatic carbocycles. The maximum Gasteiger partial charge on any atom is 1.00 e. The van der Waals surface area contributed by atoms with Gasteiger partial charge in [-0.05, 0) is 0 Å². The van der Waals surface area contributed by atoms with Gasteiger partial charge in [0.1, 0.15) is 0 Å². The molecule has 1 rings (SSSR count). The summed E-state index contributed by atoms with van der Waals surface area (Å²) in [6.45, 7) is 0. The number of nitrogens with zero attached hydrogens (tertiary/aromatic N) is 1. The van der Waals surface area contributed by atoms with E-state index in [4.69, 9.17) is 0 Å². The van der Waals surface area contributed by atoms with Crippen LogP contribution in [0.25, 0.3) is 0 Å². The summed E-state index contributed by atoms with van der Waals surface area (Å²) < 4.78 is 12.4. The standard InChI is InChI=1S/C5H4FNO2S.Li/c6-4(5(8)9)3-1-7-2-10-3;/h1-2,4H,(H,8,9);/q;+1/p-1. The summed E-state index contributed by atoms with van der Waals surface area (Å²) >= 11 is 0.952. The van der Waals surface area contributed by atoms with Gasteiger partial charge in [0.2, 0.25) is 0 Å². The first-order valence-electron chi connectivity index (χ1n) is 2.45. The van der Waals surface area contributed by atoms with Gasteiger partial charge in [0.05, 0.1) is 16.4 Å². The van der Waals surface area contributed by atoms with Crippen LogP contribution in [0.1, 0.15) is 11.0 Å². The Bertz CT molecular complexity index is 228. The van der Waals surface area contributed by atoms with Crippen LogP contribution in [0.5, 0.6) is 0 Å². The van der Waals surface area contributed by atoms with E-state index in [-0.39, 0.29) is 23.7 Å². The van der Waals surface area contributed by atoms with Crippen molar-refractivity contribution in [1.29, 1.82) is 0 Å². The third kappa shape index (κ3) is 2.62. The molecular weight excluding hydrogens is 164 g/mol. The molecule has 0 aliphatic rings. The second kappa shape index (κ2) is 4.49. The van der Waals surface area contributed by atoms with Crippen LogP contribution >= 0.6 is 11.3 Å². The van der Waals surface area contributed by atoms with E-state index < -0.39 is 12.1 Å². The average Bonchev–Trinajstić information content (AvgIpc) is 2.36. The molecule has 3 nitrogen and oxygen atoms in total. The molecule has 1 unspecified atom stereocenters. The summed E-state index contributed by atoms with van der Waals surface area (Å²) in [5.41, 5.74) is 1.37. The zero-order chi connectivity index (χ0) is 7.56. The van der Waals surface area contributed by atoms with Crippen molar-refractivity contribution in [2.24, 2.45) is 0 Å². The first-order chi connectivity index (χ1) is 4.72. The van der Waals surface area contributed by atoms with E-state index in [1.165, 1.54) is 11.7 Å². The number of hydrogen-bond donors (Lipinski definition) is 0. The maximum atomic E-state index is 12.4. The molecule has 1 heterocycles. The molecule has 54 valence electrons. The summed E-state index contributed by atoms with van der Waals surface area (Å²) in [6.07, 6.45) is -0.863. The smallest absolute Gasteiger partial charge is 0.547 e. The normalized spacial score (nSPS) is 11.7. The number of rotatable bonds is 2. The zero-order valence-electron chi connectivity index (χ0n) is 5.78. The van der Waals surface area contributed by atoms with Crippen LogP contribution in [-0.4, -0.2) is 11.0 Å². The van der Waals surface area contributed by atoms with Crippen LogP contribution < -0.4 is 24.0 Å². The molecule has 0 spiro atoms. The third-order valence-corrected chi connectivity index (χ3v) is 1.72. The number of carboxylic acids is 1. The Kier molecular flexibility index (Phi) is 4.34. The van der Waals surface area contributed by atoms with E-state index in [0.29, 0.717) is 0 Å². The molecule has 0 aromatic carbocycles. The van der Waals surface area contributed by atoms with Crippen LogP contribution in [0.2, 0.25) is 0 Å². The molecule has 0 radical (unpaired) electrons. The largest absolute Gasteiger partial charge is 1.00 e. The van der Waals surface area contributed by atoms with Crippen LogP contribution in [-0.2, 0) is 4.79 Å². The van der Waals surface area contributed by atoms with Gasteiger partial charge in [0, 0.05) is 6.20 Å². The van der Waals surface area contributed by atoms with Gasteiger partial charge in [-0.2, -0.15) is 0 Å². The summed E-state index contributed by atoms with van der Waals surface area (Å²) in [5.74, 6) is -1.72. The number of carboxylic acid groups (broad SMARTS) is 1. The third-order valence-electron chi connectivity index (χ3n) is 0.908. The fraction of sp³-hybridized carbons (Fsp3) is 0.200. The first-order valence-corrected chi connectivity index (χ1v) is 3.33. The molecule has 0 aliphatic heterocycles. The van der Waals surface area contributed by atoms with Crippen molar-refractivity contribution in [3.8, 4) is 0 Å². The minimum atomic E-state index is -2.03. The van der Waals surface area contributed by atoms with E-state index in [1.807, 2.05) is 0 Å². The summed E-state index contributed by atoms with van der Waals surface area (Å²) in [6, 6.07) is 0. The van der Waals surface area contributed by atoms with E-state index in [9.17, 15) is 14.3 Å². The molecule has 0 bridgehead atoms. The topological polar surface area (TPSA) is 53.0 Å². The van der Waals surface area contributed by atoms with Gasteiger partial charge in [-0.15, -0.1) is 11.3 Å². The number of aromatic nitrogens is 1. The van der Waals surface area contributed by atoms with Gasteiger partial charge in [-0.25, -0.2) is 4.39 Å². The Morgan fingerprint density at radius 2 is 2.45 bits per heavy atom. The average molecular weight is 167 g/mol. The number of carbonyl (C=O) groups excluding carboxylic acids is 1. The molecule has 1 atom stereocenters. The Morgan fingerprint density at radius 1 is 1.82 bits per heavy atom. The molecule has 0 amide bonds. The van der Waals surface area contributed by atoms with Crippen molar-refractivity contribution in [1.82, 2.24) is 4.98 Å². The van der Waals surface area contributed by atoms with Gasteiger partial charge in [0.25, 0.3) is 0 Å². The Morgan fingerprint density at radius 3 is 2.82 bits per heavy atom. The van der Waals surface area contributed by atoms with E-state index in [0.717, 1.165) is 11.3 Å². The quantitative estimate of drug-likeness (QED) is 0.438. The Hall–Kier alpha value is -0.373. The number of carbonyl (C=O) groups is 1. The Labute approximate surface area is 78.4 Å². The van der Waals surface area contributed by atoms with Crippen LogP contribution in [0, 0.1) is 0 Å². The summed E-state index contributed by atoms with van der Waals surface area (Å²) in [4.78, 5) is 13.5. The summed E-state index contributed by atoms with van der Waals surface area (Å²) in [5, 5.41) is 9.89. The second-order valence-corrected chi connectivity index (χ2v) is 2.50. The van der Waals surface area contributed by atoms with Gasteiger partial charge >= 0.3 is 18.9 Å². The van der Waals surface area contributed by atoms with Crippen LogP contribution in [0.3, 0.4) is 0 Å². The molecule has 0 fully saturated rings. The molecule has 0 saturated heterocycles. The zero-order valence-corrected chi connectivity index (χ0v) is 6.60. The molecule has 11 heavy (non-hydrogen) atoms. The Balaban J connectivity index is 0.000001000. The number of hydrogen-bond acceptors (Lipinski definition) is 4. The van der Waals surface area contributed by atoms with Crippen molar-refractivity contribution in [3.05, 3.63) is 16.6 Å². The molecule has 0 N–H and O–H groups in total. The van der Waals surface area contributed by atoms with Crippen molar-refractivity contribution in [2.45, 2.75) is 6.17 Å². The van der Waals surface area contributed by atoms with E-state index in [1.54, 1.807) is 0 Å². The van der Waals surface area contributed by atoms with E-state index in [2.05, 4.69) is 4.98 Å². The van der Waals surface area contributed by atoms with Gasteiger partial charge in [-0.3, -0.25) is 4.98 Å². The number of halogens is 1. The molecule has 0 saturated carbocycles. The minimum Gasteiger partial charge on any atom is -0.547 e. The van der Waals surface area contributed by atoms with Crippen molar-refractivity contribution in [3.63, 3.8) is 0 Å². The molecular formula is C5H3FLiNO2S. The number of aliphatic carboxylic acids is 1.